The van der Waals surface area contributed by atoms with E-state index >= 15 is 0 Å². The number of piperazine rings is 1. The minimum Gasteiger partial charge on any atom is -0.366 e. The Morgan fingerprint density at radius 2 is 1.88 bits per heavy atom. The molecule has 3 rings (SSSR count). The van der Waals surface area contributed by atoms with Gasteiger partial charge in [-0.3, -0.25) is 4.90 Å². The molecule has 1 aliphatic rings. The molecule has 2 aromatic rings. The van der Waals surface area contributed by atoms with Gasteiger partial charge < -0.3 is 10.2 Å². The van der Waals surface area contributed by atoms with E-state index in [4.69, 9.17) is 0 Å². The molecule has 0 unspecified atom stereocenters. The van der Waals surface area contributed by atoms with Crippen LogP contribution >= 0.6 is 0 Å². The second-order valence-corrected chi connectivity index (χ2v) is 6.46. The summed E-state index contributed by atoms with van der Waals surface area (Å²) in [6.45, 7) is 11.4. The lowest BCUT2D eigenvalue weighted by Gasteiger charge is -2.34. The van der Waals surface area contributed by atoms with Gasteiger partial charge in [-0.1, -0.05) is 48.6 Å². The van der Waals surface area contributed by atoms with Crippen LogP contribution in [0.5, 0.6) is 0 Å². The molecule has 1 fully saturated rings. The van der Waals surface area contributed by atoms with Crippen LogP contribution in [-0.4, -0.2) is 54.1 Å². The van der Waals surface area contributed by atoms with Crippen LogP contribution in [0.15, 0.2) is 55.1 Å². The first-order valence-corrected chi connectivity index (χ1v) is 9.14. The summed E-state index contributed by atoms with van der Waals surface area (Å²) in [5.74, 6) is 1.68. The number of aryl methyl sites for hydroxylation is 1. The zero-order chi connectivity index (χ0) is 18.2. The fraction of sp³-hybridized carbons (Fsp3) is 0.333. The average Bonchev–Trinajstić information content (AvgIpc) is 2.67. The number of nitrogens with one attached hydrogen (secondary N) is 1. The summed E-state index contributed by atoms with van der Waals surface area (Å²) in [6.07, 6.45) is 6.26. The topological polar surface area (TPSA) is 44.3 Å². The Morgan fingerprint density at radius 3 is 2.62 bits per heavy atom. The highest BCUT2D eigenvalue weighted by Crippen LogP contribution is 2.15. The monoisotopic (exact) mass is 349 g/mol. The fourth-order valence-electron chi connectivity index (χ4n) is 2.99. The Morgan fingerprint density at radius 1 is 1.12 bits per heavy atom. The lowest BCUT2D eigenvalue weighted by Crippen LogP contribution is -2.47. The molecule has 2 heterocycles. The fourth-order valence-corrected chi connectivity index (χ4v) is 2.99. The van der Waals surface area contributed by atoms with E-state index in [1.54, 1.807) is 0 Å². The van der Waals surface area contributed by atoms with Gasteiger partial charge in [-0.25, -0.2) is 4.98 Å². The van der Waals surface area contributed by atoms with Crippen LogP contribution in [0.2, 0.25) is 0 Å². The summed E-state index contributed by atoms with van der Waals surface area (Å²) in [5.41, 5.74) is 2.23. The first kappa shape index (κ1) is 18.1. The summed E-state index contributed by atoms with van der Waals surface area (Å²) in [7, 11) is 0. The van der Waals surface area contributed by atoms with E-state index in [2.05, 4.69) is 68.1 Å². The standard InChI is InChI=1S/C21H27N5/c1-3-11-22-20-17-18(2)23-21(24-20)26-15-13-25(14-16-26)12-7-10-19-8-5-4-6-9-19/h3-10,17H,1,11-16H2,2H3,(H,22,23,24)/b10-7+. The molecule has 5 nitrogen and oxygen atoms in total. The van der Waals surface area contributed by atoms with Gasteiger partial charge in [-0.05, 0) is 12.5 Å². The van der Waals surface area contributed by atoms with E-state index < -0.39 is 0 Å². The van der Waals surface area contributed by atoms with Gasteiger partial charge in [0.15, 0.2) is 0 Å². The zero-order valence-electron chi connectivity index (χ0n) is 15.4. The highest BCUT2D eigenvalue weighted by atomic mass is 15.3. The maximum Gasteiger partial charge on any atom is 0.227 e. The summed E-state index contributed by atoms with van der Waals surface area (Å²) < 4.78 is 0. The molecule has 0 aliphatic carbocycles. The number of hydrogen-bond donors (Lipinski definition) is 1. The Balaban J connectivity index is 1.52. The summed E-state index contributed by atoms with van der Waals surface area (Å²) >= 11 is 0. The molecule has 0 radical (unpaired) electrons. The molecular formula is C21H27N5. The van der Waals surface area contributed by atoms with Crippen molar-refractivity contribution in [1.82, 2.24) is 14.9 Å². The van der Waals surface area contributed by atoms with E-state index in [1.165, 1.54) is 5.56 Å². The molecule has 1 N–H and O–H groups in total. The van der Waals surface area contributed by atoms with Gasteiger partial charge in [0.1, 0.15) is 5.82 Å². The predicted molar refractivity (Wildman–Crippen MR) is 110 cm³/mol. The lowest BCUT2D eigenvalue weighted by molar-refractivity contribution is 0.283. The Bertz CT molecular complexity index is 733. The van der Waals surface area contributed by atoms with Crippen LogP contribution < -0.4 is 10.2 Å². The van der Waals surface area contributed by atoms with Crippen molar-refractivity contribution < 1.29 is 0 Å². The maximum atomic E-state index is 4.65. The summed E-state index contributed by atoms with van der Waals surface area (Å²) in [5, 5.41) is 3.25. The van der Waals surface area contributed by atoms with Crippen LogP contribution in [-0.2, 0) is 0 Å². The third kappa shape index (κ3) is 5.17. The van der Waals surface area contributed by atoms with Crippen molar-refractivity contribution in [3.8, 4) is 0 Å². The van der Waals surface area contributed by atoms with Gasteiger partial charge >= 0.3 is 0 Å². The number of hydrogen-bond acceptors (Lipinski definition) is 5. The van der Waals surface area contributed by atoms with E-state index in [-0.39, 0.29) is 0 Å². The molecule has 1 aromatic heterocycles. The summed E-state index contributed by atoms with van der Waals surface area (Å²) in [6, 6.07) is 12.4. The summed E-state index contributed by atoms with van der Waals surface area (Å²) in [4.78, 5) is 14.0. The molecule has 1 aliphatic heterocycles. The van der Waals surface area contributed by atoms with Crippen LogP contribution in [0.25, 0.3) is 6.08 Å². The molecule has 1 aromatic carbocycles. The van der Waals surface area contributed by atoms with Gasteiger partial charge in [0.2, 0.25) is 5.95 Å². The maximum absolute atomic E-state index is 4.65. The second kappa shape index (κ2) is 9.15. The van der Waals surface area contributed by atoms with Crippen molar-refractivity contribution in [3.63, 3.8) is 0 Å². The van der Waals surface area contributed by atoms with Gasteiger partial charge in [0, 0.05) is 51.0 Å². The van der Waals surface area contributed by atoms with E-state index in [1.807, 2.05) is 25.1 Å². The normalized spacial score (nSPS) is 15.3. The first-order valence-electron chi connectivity index (χ1n) is 9.14. The molecule has 0 atom stereocenters. The minimum atomic E-state index is 0.706. The molecule has 0 saturated carbocycles. The number of benzene rings is 1. The quantitative estimate of drug-likeness (QED) is 0.778. The van der Waals surface area contributed by atoms with Gasteiger partial charge in [-0.2, -0.15) is 4.98 Å². The van der Waals surface area contributed by atoms with Crippen LogP contribution in [0.3, 0.4) is 0 Å². The van der Waals surface area contributed by atoms with Crippen molar-refractivity contribution in [2.24, 2.45) is 0 Å². The van der Waals surface area contributed by atoms with E-state index in [9.17, 15) is 0 Å². The highest BCUT2D eigenvalue weighted by molar-refractivity contribution is 5.49. The molecular weight excluding hydrogens is 322 g/mol. The van der Waals surface area contributed by atoms with Gasteiger partial charge in [0.05, 0.1) is 0 Å². The van der Waals surface area contributed by atoms with Gasteiger partial charge in [0.25, 0.3) is 0 Å². The number of aromatic nitrogens is 2. The van der Waals surface area contributed by atoms with Crippen molar-refractivity contribution in [2.45, 2.75) is 6.92 Å². The number of nitrogens with zero attached hydrogens (tertiary/aromatic N) is 4. The van der Waals surface area contributed by atoms with Crippen molar-refractivity contribution in [1.29, 1.82) is 0 Å². The van der Waals surface area contributed by atoms with Gasteiger partial charge in [-0.15, -0.1) is 6.58 Å². The van der Waals surface area contributed by atoms with Crippen molar-refractivity contribution in [3.05, 3.63) is 66.4 Å². The average molecular weight is 349 g/mol. The third-order valence-electron chi connectivity index (χ3n) is 4.40. The smallest absolute Gasteiger partial charge is 0.227 e. The SMILES string of the molecule is C=CCNc1cc(C)nc(N2CCN(C/C=C/c3ccccc3)CC2)n1. The largest absolute Gasteiger partial charge is 0.366 e. The zero-order valence-corrected chi connectivity index (χ0v) is 15.4. The van der Waals surface area contributed by atoms with Crippen molar-refractivity contribution in [2.75, 3.05) is 49.5 Å². The highest BCUT2D eigenvalue weighted by Gasteiger charge is 2.18. The molecule has 1 saturated heterocycles. The Hall–Kier alpha value is -2.66. The molecule has 26 heavy (non-hydrogen) atoms. The Kier molecular flexibility index (Phi) is 6.39. The molecule has 136 valence electrons. The number of anilines is 2. The molecule has 0 spiro atoms. The van der Waals surface area contributed by atoms with Crippen molar-refractivity contribution >= 4 is 17.8 Å². The van der Waals surface area contributed by atoms with Crippen LogP contribution in [0.4, 0.5) is 11.8 Å². The molecule has 0 bridgehead atoms. The van der Waals surface area contributed by atoms with E-state index in [0.717, 1.165) is 50.2 Å². The second-order valence-electron chi connectivity index (χ2n) is 6.46. The van der Waals surface area contributed by atoms with Crippen LogP contribution in [0.1, 0.15) is 11.3 Å². The molecule has 0 amide bonds. The third-order valence-corrected chi connectivity index (χ3v) is 4.40. The van der Waals surface area contributed by atoms with Crippen LogP contribution in [0, 0.1) is 6.92 Å². The first-order chi connectivity index (χ1) is 12.7. The molecule has 5 heteroatoms. The number of rotatable bonds is 7. The van der Waals surface area contributed by atoms with E-state index in [0.29, 0.717) is 6.54 Å². The lowest BCUT2D eigenvalue weighted by atomic mass is 10.2. The predicted octanol–water partition coefficient (Wildman–Crippen LogP) is 3.22. The minimum absolute atomic E-state index is 0.706. The Labute approximate surface area is 156 Å².